The van der Waals surface area contributed by atoms with Crippen molar-refractivity contribution in [3.05, 3.63) is 71.2 Å². The number of hydrogen-bond acceptors (Lipinski definition) is 5. The molecule has 1 saturated heterocycles. The van der Waals surface area contributed by atoms with E-state index >= 15 is 0 Å². The van der Waals surface area contributed by atoms with E-state index in [9.17, 15) is 9.90 Å². The van der Waals surface area contributed by atoms with Crippen molar-refractivity contribution in [2.75, 3.05) is 6.54 Å². The van der Waals surface area contributed by atoms with E-state index in [4.69, 9.17) is 14.0 Å². The van der Waals surface area contributed by atoms with Gasteiger partial charge in [0.1, 0.15) is 12.4 Å². The molecule has 158 valence electrons. The first-order valence-electron chi connectivity index (χ1n) is 9.96. The van der Waals surface area contributed by atoms with Gasteiger partial charge >= 0.3 is 13.2 Å². The van der Waals surface area contributed by atoms with Crippen molar-refractivity contribution in [1.82, 2.24) is 5.32 Å². The molecule has 6 nitrogen and oxygen atoms in total. The molecule has 30 heavy (non-hydrogen) atoms. The Balaban J connectivity index is 1.72. The number of rotatable bonds is 6. The molecule has 0 aromatic heterocycles. The number of carbonyl (C=O) groups excluding carboxylic acids is 1. The minimum absolute atomic E-state index is 0.137. The van der Waals surface area contributed by atoms with Crippen LogP contribution in [0.2, 0.25) is 0 Å². The lowest BCUT2D eigenvalue weighted by atomic mass is 9.77. The van der Waals surface area contributed by atoms with Gasteiger partial charge in [-0.2, -0.15) is 0 Å². The van der Waals surface area contributed by atoms with E-state index in [0.29, 0.717) is 11.0 Å². The maximum absolute atomic E-state index is 12.2. The summed E-state index contributed by atoms with van der Waals surface area (Å²) < 4.78 is 17.6. The van der Waals surface area contributed by atoms with Crippen molar-refractivity contribution in [2.24, 2.45) is 0 Å². The number of carbonyl (C=O) groups is 1. The van der Waals surface area contributed by atoms with Crippen molar-refractivity contribution in [3.63, 3.8) is 0 Å². The fourth-order valence-electron chi connectivity index (χ4n) is 2.95. The number of benzene rings is 2. The van der Waals surface area contributed by atoms with Gasteiger partial charge in [-0.15, -0.1) is 0 Å². The highest BCUT2D eigenvalue weighted by Gasteiger charge is 2.52. The number of phenols is 1. The molecule has 1 amide bonds. The Kier molecular flexibility index (Phi) is 6.53. The van der Waals surface area contributed by atoms with Crippen molar-refractivity contribution in [2.45, 2.75) is 45.5 Å². The molecule has 2 N–H and O–H groups in total. The molecule has 2 aromatic rings. The van der Waals surface area contributed by atoms with Crippen LogP contribution in [0.25, 0.3) is 6.08 Å². The number of alkyl carbamates (subject to hydrolysis) is 1. The average Bonchev–Trinajstić information content (AvgIpc) is 2.92. The molecule has 1 aliphatic heterocycles. The third-order valence-corrected chi connectivity index (χ3v) is 5.48. The highest BCUT2D eigenvalue weighted by molar-refractivity contribution is 6.56. The summed E-state index contributed by atoms with van der Waals surface area (Å²) >= 11 is 0. The van der Waals surface area contributed by atoms with E-state index in [-0.39, 0.29) is 18.9 Å². The summed E-state index contributed by atoms with van der Waals surface area (Å²) in [6.07, 6.45) is 1.23. The Morgan fingerprint density at radius 3 is 2.27 bits per heavy atom. The Labute approximate surface area is 178 Å². The molecule has 1 heterocycles. The van der Waals surface area contributed by atoms with Crippen LogP contribution < -0.4 is 5.32 Å². The summed E-state index contributed by atoms with van der Waals surface area (Å²) in [5.41, 5.74) is 1.14. The molecule has 0 aliphatic carbocycles. The van der Waals surface area contributed by atoms with Crippen LogP contribution in [0.15, 0.2) is 60.1 Å². The number of hydrogen-bond donors (Lipinski definition) is 2. The average molecular weight is 409 g/mol. The monoisotopic (exact) mass is 409 g/mol. The molecule has 0 spiro atoms. The van der Waals surface area contributed by atoms with E-state index in [1.165, 1.54) is 0 Å². The summed E-state index contributed by atoms with van der Waals surface area (Å²) in [7, 11) is -0.663. The van der Waals surface area contributed by atoms with E-state index in [2.05, 4.69) is 5.32 Å². The third kappa shape index (κ3) is 5.23. The van der Waals surface area contributed by atoms with E-state index in [1.807, 2.05) is 64.1 Å². The Morgan fingerprint density at radius 2 is 1.63 bits per heavy atom. The standard InChI is InChI=1S/C23H28BNO5/c1-22(2)23(3,4)30-24(29-22)19(14-18-12-8-9-13-20(18)26)15-25-21(27)28-16-17-10-6-5-7-11-17/h5-14,26H,15-16H2,1-4H3,(H,25,27). The van der Waals surface area contributed by atoms with Gasteiger partial charge in [-0.1, -0.05) is 54.6 Å². The van der Waals surface area contributed by atoms with Gasteiger partial charge in [0.25, 0.3) is 0 Å². The zero-order valence-corrected chi connectivity index (χ0v) is 17.8. The summed E-state index contributed by atoms with van der Waals surface area (Å²) in [6.45, 7) is 8.19. The van der Waals surface area contributed by atoms with E-state index < -0.39 is 24.4 Å². The van der Waals surface area contributed by atoms with Crippen molar-refractivity contribution in [3.8, 4) is 5.75 Å². The fourth-order valence-corrected chi connectivity index (χ4v) is 2.95. The second kappa shape index (κ2) is 8.94. The molecular weight excluding hydrogens is 381 g/mol. The van der Waals surface area contributed by atoms with Crippen molar-refractivity contribution in [1.29, 1.82) is 0 Å². The summed E-state index contributed by atoms with van der Waals surface area (Å²) in [5, 5.41) is 12.9. The van der Waals surface area contributed by atoms with Crippen LogP contribution in [0.4, 0.5) is 4.79 Å². The normalized spacial score (nSPS) is 17.6. The second-order valence-electron chi connectivity index (χ2n) is 8.28. The molecule has 3 rings (SSSR count). The van der Waals surface area contributed by atoms with Crippen LogP contribution in [0.5, 0.6) is 5.75 Å². The lowest BCUT2D eigenvalue weighted by Gasteiger charge is -2.32. The Morgan fingerprint density at radius 1 is 1.03 bits per heavy atom. The smallest absolute Gasteiger partial charge is 0.492 e. The Bertz CT molecular complexity index is 895. The van der Waals surface area contributed by atoms with Crippen molar-refractivity contribution >= 4 is 19.3 Å². The molecule has 0 saturated carbocycles. The molecule has 7 heteroatoms. The molecule has 0 atom stereocenters. The van der Waals surface area contributed by atoms with Crippen LogP contribution >= 0.6 is 0 Å². The maximum Gasteiger partial charge on any atom is 0.492 e. The maximum atomic E-state index is 12.2. The molecule has 1 fully saturated rings. The molecule has 0 bridgehead atoms. The van der Waals surface area contributed by atoms with Crippen LogP contribution in [-0.2, 0) is 20.7 Å². The van der Waals surface area contributed by atoms with Gasteiger partial charge in [0.15, 0.2) is 0 Å². The number of ether oxygens (including phenoxy) is 1. The topological polar surface area (TPSA) is 77.0 Å². The predicted molar refractivity (Wildman–Crippen MR) is 117 cm³/mol. The van der Waals surface area contributed by atoms with E-state index in [1.54, 1.807) is 24.3 Å². The van der Waals surface area contributed by atoms with Crippen LogP contribution in [0.1, 0.15) is 38.8 Å². The number of nitrogens with one attached hydrogen (secondary N) is 1. The molecular formula is C23H28BNO5. The van der Waals surface area contributed by atoms with Crippen LogP contribution in [0.3, 0.4) is 0 Å². The van der Waals surface area contributed by atoms with Gasteiger partial charge in [-0.25, -0.2) is 4.79 Å². The van der Waals surface area contributed by atoms with Crippen LogP contribution in [0, 0.1) is 0 Å². The summed E-state index contributed by atoms with van der Waals surface area (Å²) in [4.78, 5) is 12.2. The zero-order valence-electron chi connectivity index (χ0n) is 17.8. The van der Waals surface area contributed by atoms with Gasteiger partial charge < -0.3 is 24.5 Å². The number of amides is 1. The fraction of sp³-hybridized carbons (Fsp3) is 0.348. The molecule has 2 aromatic carbocycles. The lowest BCUT2D eigenvalue weighted by molar-refractivity contribution is 0.00578. The Hall–Kier alpha value is -2.77. The largest absolute Gasteiger partial charge is 0.507 e. The van der Waals surface area contributed by atoms with Gasteiger partial charge in [0.2, 0.25) is 0 Å². The summed E-state index contributed by atoms with van der Waals surface area (Å²) in [6, 6.07) is 16.4. The SMILES string of the molecule is CC1(C)OB(C(=Cc2ccccc2O)CNC(=O)OCc2ccccc2)OC1(C)C. The highest BCUT2D eigenvalue weighted by Crippen LogP contribution is 2.39. The molecule has 1 aliphatic rings. The number of phenolic OH excluding ortho intramolecular Hbond substituents is 1. The third-order valence-electron chi connectivity index (χ3n) is 5.48. The van der Waals surface area contributed by atoms with Gasteiger partial charge in [-0.05, 0) is 44.8 Å². The predicted octanol–water partition coefficient (Wildman–Crippen LogP) is 4.33. The molecule has 0 radical (unpaired) electrons. The zero-order chi connectivity index (χ0) is 21.8. The van der Waals surface area contributed by atoms with Gasteiger partial charge in [0, 0.05) is 12.1 Å². The first-order chi connectivity index (χ1) is 14.2. The van der Waals surface area contributed by atoms with Gasteiger partial charge in [0.05, 0.1) is 11.2 Å². The van der Waals surface area contributed by atoms with Gasteiger partial charge in [-0.3, -0.25) is 0 Å². The second-order valence-corrected chi connectivity index (χ2v) is 8.28. The molecule has 0 unspecified atom stereocenters. The minimum atomic E-state index is -0.663. The highest BCUT2D eigenvalue weighted by atomic mass is 16.7. The number of aromatic hydroxyl groups is 1. The van der Waals surface area contributed by atoms with Crippen molar-refractivity contribution < 1.29 is 23.9 Å². The lowest BCUT2D eigenvalue weighted by Crippen LogP contribution is -2.41. The quantitative estimate of drug-likeness (QED) is 0.695. The first kappa shape index (κ1) is 21.9. The van der Waals surface area contributed by atoms with Crippen LogP contribution in [-0.4, -0.2) is 36.1 Å². The minimum Gasteiger partial charge on any atom is -0.507 e. The first-order valence-corrected chi connectivity index (χ1v) is 9.96. The summed E-state index contributed by atoms with van der Waals surface area (Å²) in [5.74, 6) is 0.137. The number of para-hydroxylation sites is 1. The van der Waals surface area contributed by atoms with E-state index in [0.717, 1.165) is 5.56 Å².